The molecule has 2 heterocycles. The Balaban J connectivity index is 1.93. The molecule has 0 saturated carbocycles. The van der Waals surface area contributed by atoms with E-state index in [2.05, 4.69) is 29.0 Å². The molecule has 0 unspecified atom stereocenters. The zero-order chi connectivity index (χ0) is 15.1. The van der Waals surface area contributed by atoms with Gasteiger partial charge in [-0.1, -0.05) is 26.3 Å². The minimum absolute atomic E-state index is 0.118. The molecular weight excluding hydrogens is 262 g/mol. The third-order valence-electron chi connectivity index (χ3n) is 4.36. The fourth-order valence-corrected chi connectivity index (χ4v) is 3.17. The summed E-state index contributed by atoms with van der Waals surface area (Å²) in [6, 6.07) is 6.30. The summed E-state index contributed by atoms with van der Waals surface area (Å²) in [5.41, 5.74) is 0.885. The minimum Gasteiger partial charge on any atom is -0.354 e. The summed E-state index contributed by atoms with van der Waals surface area (Å²) in [5, 5.41) is 3.15. The highest BCUT2D eigenvalue weighted by molar-refractivity contribution is 5.83. The Labute approximate surface area is 127 Å². The topological polar surface area (TPSA) is 45.2 Å². The van der Waals surface area contributed by atoms with Crippen molar-refractivity contribution in [2.75, 3.05) is 19.6 Å². The molecule has 1 N–H and O–H groups in total. The van der Waals surface area contributed by atoms with Gasteiger partial charge in [0.05, 0.1) is 11.6 Å². The number of pyridine rings is 1. The maximum atomic E-state index is 12.5. The van der Waals surface area contributed by atoms with E-state index in [0.29, 0.717) is 6.04 Å². The van der Waals surface area contributed by atoms with Crippen molar-refractivity contribution in [1.82, 2.24) is 15.2 Å². The van der Waals surface area contributed by atoms with Crippen molar-refractivity contribution in [2.24, 2.45) is 0 Å². The van der Waals surface area contributed by atoms with Crippen LogP contribution in [0, 0.1) is 0 Å². The summed E-state index contributed by atoms with van der Waals surface area (Å²) in [4.78, 5) is 19.3. The summed E-state index contributed by atoms with van der Waals surface area (Å²) >= 11 is 0. The second-order valence-electron chi connectivity index (χ2n) is 5.77. The average molecular weight is 289 g/mol. The van der Waals surface area contributed by atoms with Gasteiger partial charge < -0.3 is 5.32 Å². The maximum Gasteiger partial charge on any atom is 0.229 e. The Morgan fingerprint density at radius 3 is 3.00 bits per heavy atom. The zero-order valence-corrected chi connectivity index (χ0v) is 13.2. The highest BCUT2D eigenvalue weighted by Gasteiger charge is 2.25. The second kappa shape index (κ2) is 8.13. The normalized spacial score (nSPS) is 20.4. The molecule has 1 aliphatic rings. The molecule has 1 aromatic heterocycles. The van der Waals surface area contributed by atoms with Gasteiger partial charge in [-0.3, -0.25) is 14.7 Å². The molecule has 1 saturated heterocycles. The van der Waals surface area contributed by atoms with Crippen LogP contribution < -0.4 is 5.32 Å². The molecule has 1 aromatic rings. The van der Waals surface area contributed by atoms with E-state index in [1.54, 1.807) is 6.20 Å². The minimum atomic E-state index is -0.118. The van der Waals surface area contributed by atoms with E-state index in [-0.39, 0.29) is 11.8 Å². The Morgan fingerprint density at radius 2 is 2.33 bits per heavy atom. The first-order valence-electron chi connectivity index (χ1n) is 8.19. The fraction of sp³-hybridized carbons (Fsp3) is 0.647. The molecule has 0 radical (unpaired) electrons. The highest BCUT2D eigenvalue weighted by Crippen LogP contribution is 2.20. The van der Waals surface area contributed by atoms with E-state index in [0.717, 1.165) is 38.2 Å². The molecular formula is C17H27N3O. The van der Waals surface area contributed by atoms with Crippen LogP contribution in [-0.2, 0) is 4.79 Å². The van der Waals surface area contributed by atoms with Gasteiger partial charge in [-0.15, -0.1) is 0 Å². The largest absolute Gasteiger partial charge is 0.354 e. The van der Waals surface area contributed by atoms with Gasteiger partial charge in [-0.2, -0.15) is 0 Å². The number of amides is 1. The van der Waals surface area contributed by atoms with Crippen LogP contribution in [0.4, 0.5) is 0 Å². The molecule has 1 aliphatic heterocycles. The molecule has 2 atom stereocenters. The van der Waals surface area contributed by atoms with E-state index in [4.69, 9.17) is 0 Å². The van der Waals surface area contributed by atoms with Crippen LogP contribution in [0.5, 0.6) is 0 Å². The molecule has 1 fully saturated rings. The lowest BCUT2D eigenvalue weighted by atomic mass is 9.98. The van der Waals surface area contributed by atoms with Crippen LogP contribution in [0.2, 0.25) is 0 Å². The van der Waals surface area contributed by atoms with Gasteiger partial charge in [0.25, 0.3) is 0 Å². The Morgan fingerprint density at radius 1 is 1.48 bits per heavy atom. The third kappa shape index (κ3) is 4.27. The predicted octanol–water partition coefficient (Wildman–Crippen LogP) is 2.57. The van der Waals surface area contributed by atoms with Gasteiger partial charge in [-0.05, 0) is 44.5 Å². The van der Waals surface area contributed by atoms with Crippen molar-refractivity contribution in [2.45, 2.75) is 51.5 Å². The fourth-order valence-electron chi connectivity index (χ4n) is 3.17. The number of likely N-dealkylation sites (tertiary alicyclic amines) is 1. The number of nitrogens with one attached hydrogen (secondary N) is 1. The molecule has 21 heavy (non-hydrogen) atoms. The number of hydrogen-bond acceptors (Lipinski definition) is 3. The van der Waals surface area contributed by atoms with Crippen LogP contribution in [-0.4, -0.2) is 41.5 Å². The molecule has 1 amide bonds. The van der Waals surface area contributed by atoms with Gasteiger partial charge in [0.15, 0.2) is 0 Å². The lowest BCUT2D eigenvalue weighted by Gasteiger charge is -2.24. The number of nitrogens with zero attached hydrogens (tertiary/aromatic N) is 2. The number of hydrogen-bond donors (Lipinski definition) is 1. The first-order chi connectivity index (χ1) is 10.3. The maximum absolute atomic E-state index is 12.5. The summed E-state index contributed by atoms with van der Waals surface area (Å²) in [5.74, 6) is 0.00572. The van der Waals surface area contributed by atoms with Crippen LogP contribution in [0.15, 0.2) is 24.4 Å². The van der Waals surface area contributed by atoms with E-state index >= 15 is 0 Å². The molecule has 4 heteroatoms. The Bertz CT molecular complexity index is 435. The van der Waals surface area contributed by atoms with Gasteiger partial charge in [0, 0.05) is 18.8 Å². The third-order valence-corrected chi connectivity index (χ3v) is 4.36. The summed E-state index contributed by atoms with van der Waals surface area (Å²) in [7, 11) is 0. The van der Waals surface area contributed by atoms with Crippen molar-refractivity contribution in [3.8, 4) is 0 Å². The van der Waals surface area contributed by atoms with E-state index in [1.165, 1.54) is 12.8 Å². The SMILES string of the molecule is CCC[C@@H](C(=O)NC[C@@H]1CCCN1CC)c1ccccn1. The van der Waals surface area contributed by atoms with Crippen molar-refractivity contribution in [3.63, 3.8) is 0 Å². The van der Waals surface area contributed by atoms with Crippen LogP contribution in [0.1, 0.15) is 51.1 Å². The standard InChI is InChI=1S/C17H27N3O/c1-3-8-15(16-10-5-6-11-18-16)17(21)19-13-14-9-7-12-20(14)4-2/h5-6,10-11,14-15H,3-4,7-9,12-13H2,1-2H3,(H,19,21)/t14-,15+/m0/s1. The molecule has 0 spiro atoms. The number of carbonyl (C=O) groups excluding carboxylic acids is 1. The lowest BCUT2D eigenvalue weighted by molar-refractivity contribution is -0.123. The summed E-state index contributed by atoms with van der Waals surface area (Å²) < 4.78 is 0. The second-order valence-corrected chi connectivity index (χ2v) is 5.77. The van der Waals surface area contributed by atoms with Crippen LogP contribution >= 0.6 is 0 Å². The Hall–Kier alpha value is -1.42. The Kier molecular flexibility index (Phi) is 6.18. The van der Waals surface area contributed by atoms with Gasteiger partial charge in [-0.25, -0.2) is 0 Å². The van der Waals surface area contributed by atoms with E-state index in [9.17, 15) is 4.79 Å². The van der Waals surface area contributed by atoms with Crippen LogP contribution in [0.25, 0.3) is 0 Å². The zero-order valence-electron chi connectivity index (χ0n) is 13.2. The molecule has 2 rings (SSSR count). The molecule has 0 aromatic carbocycles. The van der Waals surface area contributed by atoms with Crippen LogP contribution in [0.3, 0.4) is 0 Å². The molecule has 0 aliphatic carbocycles. The van der Waals surface area contributed by atoms with E-state index < -0.39 is 0 Å². The number of rotatable bonds is 7. The monoisotopic (exact) mass is 289 g/mol. The summed E-state index contributed by atoms with van der Waals surface area (Å²) in [6.07, 6.45) is 6.04. The van der Waals surface area contributed by atoms with Gasteiger partial charge in [0.1, 0.15) is 0 Å². The van der Waals surface area contributed by atoms with Gasteiger partial charge >= 0.3 is 0 Å². The number of aromatic nitrogens is 1. The van der Waals surface area contributed by atoms with E-state index in [1.807, 2.05) is 18.2 Å². The predicted molar refractivity (Wildman–Crippen MR) is 85.2 cm³/mol. The first kappa shape index (κ1) is 16.0. The van der Waals surface area contributed by atoms with Crippen molar-refractivity contribution in [1.29, 1.82) is 0 Å². The first-order valence-corrected chi connectivity index (χ1v) is 8.19. The van der Waals surface area contributed by atoms with Crippen molar-refractivity contribution in [3.05, 3.63) is 30.1 Å². The lowest BCUT2D eigenvalue weighted by Crippen LogP contribution is -2.41. The summed E-state index contributed by atoms with van der Waals surface area (Å²) in [6.45, 7) is 7.29. The molecule has 116 valence electrons. The van der Waals surface area contributed by atoms with Gasteiger partial charge in [0.2, 0.25) is 5.91 Å². The highest BCUT2D eigenvalue weighted by atomic mass is 16.1. The van der Waals surface area contributed by atoms with Crippen molar-refractivity contribution >= 4 is 5.91 Å². The van der Waals surface area contributed by atoms with Crippen molar-refractivity contribution < 1.29 is 4.79 Å². The quantitative estimate of drug-likeness (QED) is 0.839. The average Bonchev–Trinajstić information content (AvgIpc) is 2.98. The number of carbonyl (C=O) groups is 1. The number of likely N-dealkylation sites (N-methyl/N-ethyl adjacent to an activating group) is 1. The molecule has 4 nitrogen and oxygen atoms in total. The smallest absolute Gasteiger partial charge is 0.229 e. The molecule has 0 bridgehead atoms.